The van der Waals surface area contributed by atoms with E-state index < -0.39 is 12.1 Å². The van der Waals surface area contributed by atoms with E-state index in [1.165, 1.54) is 12.1 Å². The van der Waals surface area contributed by atoms with E-state index in [0.717, 1.165) is 10.8 Å². The molecule has 1 amide bonds. The molecule has 5 heteroatoms. The average Bonchev–Trinajstić information content (AvgIpc) is 2.66. The van der Waals surface area contributed by atoms with E-state index in [4.69, 9.17) is 9.84 Å². The number of hydrogen-bond acceptors (Lipinski definition) is 3. The molecule has 1 atom stereocenters. The van der Waals surface area contributed by atoms with Crippen molar-refractivity contribution in [3.05, 3.63) is 72.3 Å². The molecule has 0 aliphatic heterocycles. The van der Waals surface area contributed by atoms with Gasteiger partial charge in [-0.25, -0.2) is 4.79 Å². The number of carboxylic acid groups (broad SMARTS) is 1. The van der Waals surface area contributed by atoms with Gasteiger partial charge < -0.3 is 15.2 Å². The Morgan fingerprint density at radius 3 is 2.35 bits per heavy atom. The summed E-state index contributed by atoms with van der Waals surface area (Å²) >= 11 is 0. The number of carbonyl (C=O) groups is 2. The molecule has 0 aliphatic carbocycles. The number of aromatic carboxylic acids is 1. The molecule has 0 spiro atoms. The van der Waals surface area contributed by atoms with E-state index in [0.29, 0.717) is 17.9 Å². The first-order valence-corrected chi connectivity index (χ1v) is 8.36. The molecule has 132 valence electrons. The number of anilines is 1. The van der Waals surface area contributed by atoms with Crippen molar-refractivity contribution in [3.8, 4) is 5.75 Å². The number of rotatable bonds is 6. The van der Waals surface area contributed by atoms with Gasteiger partial charge in [-0.15, -0.1) is 0 Å². The van der Waals surface area contributed by atoms with Crippen LogP contribution in [0.25, 0.3) is 10.8 Å². The summed E-state index contributed by atoms with van der Waals surface area (Å²) in [5.74, 6) is -0.649. The highest BCUT2D eigenvalue weighted by molar-refractivity contribution is 5.95. The summed E-state index contributed by atoms with van der Waals surface area (Å²) in [6.45, 7) is 1.87. The number of hydrogen-bond donors (Lipinski definition) is 2. The molecule has 0 unspecified atom stereocenters. The molecule has 0 aromatic heterocycles. The van der Waals surface area contributed by atoms with Crippen LogP contribution in [0, 0.1) is 0 Å². The molecule has 26 heavy (non-hydrogen) atoms. The predicted octanol–water partition coefficient (Wildman–Crippen LogP) is 4.33. The molecular weight excluding hydrogens is 330 g/mol. The van der Waals surface area contributed by atoms with E-state index in [-0.39, 0.29) is 11.5 Å². The Labute approximate surface area is 151 Å². The van der Waals surface area contributed by atoms with Gasteiger partial charge in [-0.1, -0.05) is 37.3 Å². The third-order valence-corrected chi connectivity index (χ3v) is 4.06. The number of carboxylic acids is 1. The Bertz CT molecular complexity index is 934. The lowest BCUT2D eigenvalue weighted by atomic mass is 10.1. The van der Waals surface area contributed by atoms with Gasteiger partial charge in [0, 0.05) is 5.69 Å². The van der Waals surface area contributed by atoms with Gasteiger partial charge in [0.1, 0.15) is 5.75 Å². The van der Waals surface area contributed by atoms with Crippen LogP contribution in [0.4, 0.5) is 5.69 Å². The Morgan fingerprint density at radius 2 is 1.69 bits per heavy atom. The third-order valence-electron chi connectivity index (χ3n) is 4.06. The van der Waals surface area contributed by atoms with E-state index in [9.17, 15) is 9.59 Å². The van der Waals surface area contributed by atoms with Gasteiger partial charge in [0.2, 0.25) is 0 Å². The fourth-order valence-electron chi connectivity index (χ4n) is 2.65. The summed E-state index contributed by atoms with van der Waals surface area (Å²) in [6.07, 6.45) is -0.137. The number of amides is 1. The summed E-state index contributed by atoms with van der Waals surface area (Å²) in [7, 11) is 0. The second-order valence-electron chi connectivity index (χ2n) is 5.90. The van der Waals surface area contributed by atoms with Gasteiger partial charge in [-0.05, 0) is 53.6 Å². The second-order valence-corrected chi connectivity index (χ2v) is 5.90. The Morgan fingerprint density at radius 1 is 1.00 bits per heavy atom. The van der Waals surface area contributed by atoms with Gasteiger partial charge in [0.15, 0.2) is 6.10 Å². The van der Waals surface area contributed by atoms with Crippen molar-refractivity contribution in [1.29, 1.82) is 0 Å². The van der Waals surface area contributed by atoms with E-state index in [1.807, 2.05) is 49.4 Å². The van der Waals surface area contributed by atoms with Crippen LogP contribution in [0.1, 0.15) is 23.7 Å². The number of ether oxygens (including phenoxy) is 1. The predicted molar refractivity (Wildman–Crippen MR) is 101 cm³/mol. The largest absolute Gasteiger partial charge is 0.481 e. The number of nitrogens with one attached hydrogen (secondary N) is 1. The maximum atomic E-state index is 12.5. The first-order chi connectivity index (χ1) is 12.6. The minimum Gasteiger partial charge on any atom is -0.481 e. The topological polar surface area (TPSA) is 75.6 Å². The molecule has 3 aromatic rings. The highest BCUT2D eigenvalue weighted by Crippen LogP contribution is 2.22. The molecule has 0 fully saturated rings. The van der Waals surface area contributed by atoms with Crippen molar-refractivity contribution in [1.82, 2.24) is 0 Å². The lowest BCUT2D eigenvalue weighted by Gasteiger charge is -2.17. The van der Waals surface area contributed by atoms with E-state index >= 15 is 0 Å². The third kappa shape index (κ3) is 4.00. The maximum absolute atomic E-state index is 12.5. The minimum atomic E-state index is -1.01. The number of fused-ring (bicyclic) bond motifs is 1. The maximum Gasteiger partial charge on any atom is 0.335 e. The van der Waals surface area contributed by atoms with Crippen LogP contribution >= 0.6 is 0 Å². The van der Waals surface area contributed by atoms with Crippen LogP contribution in [0.15, 0.2) is 66.7 Å². The van der Waals surface area contributed by atoms with Gasteiger partial charge in [-0.2, -0.15) is 0 Å². The first-order valence-electron chi connectivity index (χ1n) is 8.36. The van der Waals surface area contributed by atoms with Crippen molar-refractivity contribution in [2.24, 2.45) is 0 Å². The molecule has 3 rings (SSSR count). The van der Waals surface area contributed by atoms with Crippen LogP contribution in [0.3, 0.4) is 0 Å². The van der Waals surface area contributed by atoms with Crippen molar-refractivity contribution in [2.75, 3.05) is 5.32 Å². The summed E-state index contributed by atoms with van der Waals surface area (Å²) < 4.78 is 5.86. The Hall–Kier alpha value is -3.34. The van der Waals surface area contributed by atoms with Crippen molar-refractivity contribution in [3.63, 3.8) is 0 Å². The van der Waals surface area contributed by atoms with Crippen LogP contribution in [-0.4, -0.2) is 23.1 Å². The molecule has 2 N–H and O–H groups in total. The smallest absolute Gasteiger partial charge is 0.335 e. The summed E-state index contributed by atoms with van der Waals surface area (Å²) in [5, 5.41) is 13.8. The zero-order valence-electron chi connectivity index (χ0n) is 14.3. The molecule has 0 heterocycles. The van der Waals surface area contributed by atoms with Crippen molar-refractivity contribution in [2.45, 2.75) is 19.4 Å². The molecule has 0 radical (unpaired) electrons. The van der Waals surface area contributed by atoms with Crippen LogP contribution < -0.4 is 10.1 Å². The van der Waals surface area contributed by atoms with Gasteiger partial charge in [0.25, 0.3) is 5.91 Å². The molecule has 0 saturated carbocycles. The van der Waals surface area contributed by atoms with Crippen molar-refractivity contribution < 1.29 is 19.4 Å². The quantitative estimate of drug-likeness (QED) is 0.694. The zero-order chi connectivity index (χ0) is 18.5. The fourth-order valence-corrected chi connectivity index (χ4v) is 2.65. The normalized spacial score (nSPS) is 11.7. The summed E-state index contributed by atoms with van der Waals surface area (Å²) in [5.41, 5.74) is 0.697. The fraction of sp³-hybridized carbons (Fsp3) is 0.143. The molecule has 3 aromatic carbocycles. The lowest BCUT2D eigenvalue weighted by molar-refractivity contribution is -0.122. The van der Waals surface area contributed by atoms with Crippen LogP contribution in [-0.2, 0) is 4.79 Å². The number of benzene rings is 3. The summed E-state index contributed by atoms with van der Waals surface area (Å²) in [4.78, 5) is 23.4. The highest BCUT2D eigenvalue weighted by Gasteiger charge is 2.19. The van der Waals surface area contributed by atoms with Crippen LogP contribution in [0.2, 0.25) is 0 Å². The second kappa shape index (κ2) is 7.70. The SMILES string of the molecule is CC[C@@H](Oc1ccc2ccccc2c1)C(=O)Nc1ccc(C(=O)O)cc1. The monoisotopic (exact) mass is 349 g/mol. The van der Waals surface area contributed by atoms with Gasteiger partial charge in [-0.3, -0.25) is 4.79 Å². The summed E-state index contributed by atoms with van der Waals surface area (Å²) in [6, 6.07) is 19.7. The average molecular weight is 349 g/mol. The molecule has 0 saturated heterocycles. The van der Waals surface area contributed by atoms with Gasteiger partial charge in [0.05, 0.1) is 5.56 Å². The molecule has 0 aliphatic rings. The highest BCUT2D eigenvalue weighted by atomic mass is 16.5. The Kier molecular flexibility index (Phi) is 5.17. The molecule has 5 nitrogen and oxygen atoms in total. The molecular formula is C21H19NO4. The Balaban J connectivity index is 1.70. The molecule has 0 bridgehead atoms. The number of carbonyl (C=O) groups excluding carboxylic acids is 1. The van der Waals surface area contributed by atoms with E-state index in [1.54, 1.807) is 12.1 Å². The zero-order valence-corrected chi connectivity index (χ0v) is 14.3. The van der Waals surface area contributed by atoms with Crippen molar-refractivity contribution >= 4 is 28.3 Å². The first kappa shape index (κ1) is 17.5. The van der Waals surface area contributed by atoms with Crippen LogP contribution in [0.5, 0.6) is 5.75 Å². The lowest BCUT2D eigenvalue weighted by Crippen LogP contribution is -2.32. The minimum absolute atomic E-state index is 0.169. The standard InChI is InChI=1S/C21H19NO4/c1-2-19(20(23)22-17-10-7-15(8-11-17)21(24)25)26-18-12-9-14-5-3-4-6-16(14)13-18/h3-13,19H,2H2,1H3,(H,22,23)(H,24,25)/t19-/m1/s1. The van der Waals surface area contributed by atoms with E-state index in [2.05, 4.69) is 5.32 Å². The van der Waals surface area contributed by atoms with Gasteiger partial charge >= 0.3 is 5.97 Å².